The minimum Gasteiger partial charge on any atom is -0.497 e. The molecule has 1 aromatic carbocycles. The van der Waals surface area contributed by atoms with E-state index in [0.717, 1.165) is 48.4 Å². The number of ether oxygens (including phenoxy) is 1. The van der Waals surface area contributed by atoms with Crippen LogP contribution in [-0.2, 0) is 11.3 Å². The Balaban J connectivity index is 0.00000320. The maximum atomic E-state index is 12.6. The largest absolute Gasteiger partial charge is 0.497 e. The van der Waals surface area contributed by atoms with Crippen LogP contribution in [0, 0.1) is 0 Å². The number of carbonyl (C=O) groups is 1. The van der Waals surface area contributed by atoms with E-state index in [1.165, 1.54) is 18.0 Å². The summed E-state index contributed by atoms with van der Waals surface area (Å²) in [5, 5.41) is 0.605. The fourth-order valence-electron chi connectivity index (χ4n) is 4.85. The SMILES string of the molecule is COc1ccc2ncc(=O)n(CCN3CCC(N(C)c4nc5c(cc4Cl)SCC(=O)N5C)CC3)c2c1.Cl. The molecule has 1 fully saturated rings. The number of likely N-dealkylation sites (tertiary alicyclic amines) is 1. The number of aromatic nitrogens is 3. The summed E-state index contributed by atoms with van der Waals surface area (Å²) in [5.74, 6) is 2.54. The normalized spacial score (nSPS) is 16.4. The molecule has 9 nitrogen and oxygen atoms in total. The van der Waals surface area contributed by atoms with Crippen LogP contribution in [0.25, 0.3) is 11.0 Å². The number of piperidine rings is 1. The van der Waals surface area contributed by atoms with Gasteiger partial charge in [-0.05, 0) is 31.0 Å². The summed E-state index contributed by atoms with van der Waals surface area (Å²) in [7, 11) is 5.40. The summed E-state index contributed by atoms with van der Waals surface area (Å²) >= 11 is 8.09. The minimum atomic E-state index is -0.111. The van der Waals surface area contributed by atoms with Crippen LogP contribution in [-0.4, -0.2) is 78.0 Å². The summed E-state index contributed by atoms with van der Waals surface area (Å²) in [4.78, 5) is 40.8. The van der Waals surface area contributed by atoms with Crippen molar-refractivity contribution in [2.24, 2.45) is 0 Å². The van der Waals surface area contributed by atoms with Crippen molar-refractivity contribution >= 4 is 64.3 Å². The quantitative estimate of drug-likeness (QED) is 0.449. The predicted octanol–water partition coefficient (Wildman–Crippen LogP) is 3.54. The van der Waals surface area contributed by atoms with E-state index in [4.69, 9.17) is 21.3 Å². The molecular formula is C25H30Cl2N6O3S. The second-order valence-electron chi connectivity index (χ2n) is 9.14. The summed E-state index contributed by atoms with van der Waals surface area (Å²) < 4.78 is 7.11. The molecule has 0 bridgehead atoms. The van der Waals surface area contributed by atoms with Gasteiger partial charge in [0.15, 0.2) is 5.82 Å². The van der Waals surface area contributed by atoms with E-state index in [2.05, 4.69) is 14.8 Å². The van der Waals surface area contributed by atoms with Crippen LogP contribution in [0.15, 0.2) is 40.2 Å². The Morgan fingerprint density at radius 3 is 2.68 bits per heavy atom. The van der Waals surface area contributed by atoms with Gasteiger partial charge in [0.25, 0.3) is 5.56 Å². The van der Waals surface area contributed by atoms with Gasteiger partial charge in [-0.1, -0.05) is 11.6 Å². The molecule has 1 amide bonds. The van der Waals surface area contributed by atoms with Gasteiger partial charge >= 0.3 is 0 Å². The zero-order valence-corrected chi connectivity index (χ0v) is 23.4. The van der Waals surface area contributed by atoms with Crippen LogP contribution in [0.2, 0.25) is 5.02 Å². The average Bonchev–Trinajstić information content (AvgIpc) is 2.89. The van der Waals surface area contributed by atoms with Crippen molar-refractivity contribution in [1.29, 1.82) is 0 Å². The summed E-state index contributed by atoms with van der Waals surface area (Å²) in [6.07, 6.45) is 3.29. The molecule has 0 unspecified atom stereocenters. The van der Waals surface area contributed by atoms with E-state index in [-0.39, 0.29) is 29.9 Å². The molecule has 2 aliphatic rings. The number of methoxy groups -OCH3 is 1. The smallest absolute Gasteiger partial charge is 0.269 e. The van der Waals surface area contributed by atoms with Gasteiger partial charge in [-0.25, -0.2) is 9.97 Å². The Kier molecular flexibility index (Phi) is 8.52. The van der Waals surface area contributed by atoms with Crippen LogP contribution in [0.5, 0.6) is 5.75 Å². The molecule has 37 heavy (non-hydrogen) atoms. The number of nitrogens with zero attached hydrogens (tertiary/aromatic N) is 6. The molecule has 0 saturated carbocycles. The van der Waals surface area contributed by atoms with E-state index >= 15 is 0 Å². The number of hydrogen-bond donors (Lipinski definition) is 0. The molecule has 0 N–H and O–H groups in total. The molecule has 0 aliphatic carbocycles. The average molecular weight is 566 g/mol. The van der Waals surface area contributed by atoms with E-state index < -0.39 is 0 Å². The number of hydrogen-bond acceptors (Lipinski definition) is 8. The standard InChI is InChI=1S/C25H29ClN6O3S.ClH/c1-29(24-18(26)13-21-25(28-24)30(2)23(34)15-36-21)16-6-8-31(9-7-16)10-11-32-20-12-17(35-3)4-5-19(20)27-14-22(32)33;/h4-5,12-14,16H,6-11,15H2,1-3H3;1H. The molecule has 4 heterocycles. The lowest BCUT2D eigenvalue weighted by molar-refractivity contribution is -0.116. The van der Waals surface area contributed by atoms with Gasteiger partial charge in [-0.15, -0.1) is 24.2 Å². The molecule has 3 aromatic rings. The third-order valence-corrected chi connectivity index (χ3v) is 8.36. The van der Waals surface area contributed by atoms with Crippen LogP contribution in [0.3, 0.4) is 0 Å². The van der Waals surface area contributed by atoms with Gasteiger partial charge in [0, 0.05) is 52.4 Å². The van der Waals surface area contributed by atoms with Crippen LogP contribution in [0.4, 0.5) is 11.6 Å². The predicted molar refractivity (Wildman–Crippen MR) is 151 cm³/mol. The zero-order chi connectivity index (χ0) is 25.4. The first-order valence-corrected chi connectivity index (χ1v) is 13.3. The first-order valence-electron chi connectivity index (χ1n) is 11.9. The number of thioether (sulfide) groups is 1. The Morgan fingerprint density at radius 2 is 1.95 bits per heavy atom. The molecule has 5 rings (SSSR count). The van der Waals surface area contributed by atoms with Crippen LogP contribution in [0.1, 0.15) is 12.8 Å². The first-order chi connectivity index (χ1) is 17.4. The molecule has 0 radical (unpaired) electrons. The highest BCUT2D eigenvalue weighted by molar-refractivity contribution is 8.00. The second-order valence-corrected chi connectivity index (χ2v) is 10.6. The number of halogens is 2. The zero-order valence-electron chi connectivity index (χ0n) is 21.0. The Labute approximate surface area is 231 Å². The molecule has 0 spiro atoms. The van der Waals surface area contributed by atoms with E-state index in [1.54, 1.807) is 23.6 Å². The number of fused-ring (bicyclic) bond motifs is 2. The Morgan fingerprint density at radius 1 is 1.19 bits per heavy atom. The van der Waals surface area contributed by atoms with Crippen molar-refractivity contribution in [2.75, 3.05) is 56.4 Å². The van der Waals surface area contributed by atoms with E-state index in [9.17, 15) is 9.59 Å². The lowest BCUT2D eigenvalue weighted by Crippen LogP contribution is -2.45. The number of carbonyl (C=O) groups excluding carboxylic acids is 1. The van der Waals surface area contributed by atoms with Gasteiger partial charge in [0.1, 0.15) is 11.6 Å². The molecule has 0 atom stereocenters. The Bertz CT molecular complexity index is 1360. The van der Waals surface area contributed by atoms with Crippen LogP contribution >= 0.6 is 35.8 Å². The van der Waals surface area contributed by atoms with Crippen molar-refractivity contribution < 1.29 is 9.53 Å². The van der Waals surface area contributed by atoms with Crippen LogP contribution < -0.4 is 20.1 Å². The number of amides is 1. The number of benzene rings is 1. The van der Waals surface area contributed by atoms with Crippen molar-refractivity contribution in [3.63, 3.8) is 0 Å². The Hall–Kier alpha value is -2.53. The van der Waals surface area contributed by atoms with Gasteiger partial charge in [-0.2, -0.15) is 0 Å². The molecule has 1 saturated heterocycles. The maximum Gasteiger partial charge on any atom is 0.269 e. The first kappa shape index (κ1) is 27.5. The van der Waals surface area contributed by atoms with Gasteiger partial charge in [0.2, 0.25) is 5.91 Å². The van der Waals surface area contributed by atoms with Gasteiger partial charge in [0.05, 0.1) is 40.0 Å². The monoisotopic (exact) mass is 564 g/mol. The highest BCUT2D eigenvalue weighted by Gasteiger charge is 2.29. The number of anilines is 2. The summed E-state index contributed by atoms with van der Waals surface area (Å²) in [6, 6.07) is 7.80. The lowest BCUT2D eigenvalue weighted by atomic mass is 10.0. The van der Waals surface area contributed by atoms with Gasteiger partial charge < -0.3 is 19.1 Å². The fraction of sp³-hybridized carbons (Fsp3) is 0.440. The molecule has 198 valence electrons. The molecular weight excluding hydrogens is 535 g/mol. The van der Waals surface area contributed by atoms with Crippen molar-refractivity contribution in [2.45, 2.75) is 30.3 Å². The fourth-order valence-corrected chi connectivity index (χ4v) is 6.18. The second kappa shape index (κ2) is 11.5. The van der Waals surface area contributed by atoms with Gasteiger partial charge in [-0.3, -0.25) is 14.5 Å². The minimum absolute atomic E-state index is 0. The third kappa shape index (κ3) is 5.52. The molecule has 12 heteroatoms. The topological polar surface area (TPSA) is 83.8 Å². The number of rotatable bonds is 6. The maximum absolute atomic E-state index is 12.6. The molecule has 2 aromatic heterocycles. The number of pyridine rings is 1. The van der Waals surface area contributed by atoms with E-state index in [1.807, 2.05) is 31.3 Å². The highest BCUT2D eigenvalue weighted by Crippen LogP contribution is 2.39. The van der Waals surface area contributed by atoms with E-state index in [0.29, 0.717) is 34.7 Å². The third-order valence-electron chi connectivity index (χ3n) is 7.08. The summed E-state index contributed by atoms with van der Waals surface area (Å²) in [6.45, 7) is 3.18. The van der Waals surface area contributed by atoms with Crippen molar-refractivity contribution in [1.82, 2.24) is 19.4 Å². The highest BCUT2D eigenvalue weighted by atomic mass is 35.5. The summed E-state index contributed by atoms with van der Waals surface area (Å²) in [5.41, 5.74) is 1.45. The molecule has 2 aliphatic heterocycles. The van der Waals surface area contributed by atoms with Crippen molar-refractivity contribution in [3.8, 4) is 5.75 Å². The van der Waals surface area contributed by atoms with Crippen molar-refractivity contribution in [3.05, 3.63) is 45.8 Å². The lowest BCUT2D eigenvalue weighted by Gasteiger charge is -2.38.